The van der Waals surface area contributed by atoms with Crippen molar-refractivity contribution in [2.45, 2.75) is 71.1 Å². The second-order valence-corrected chi connectivity index (χ2v) is 5.78. The molecule has 0 aromatic carbocycles. The van der Waals surface area contributed by atoms with E-state index in [2.05, 4.69) is 60.8 Å². The summed E-state index contributed by atoms with van der Waals surface area (Å²) in [4.78, 5) is 11.2. The Morgan fingerprint density at radius 1 is 0.792 bits per heavy atom. The van der Waals surface area contributed by atoms with Gasteiger partial charge in [-0.15, -0.1) is 0 Å². The highest BCUT2D eigenvalue weighted by molar-refractivity contribution is 5.75. The second kappa shape index (κ2) is 19.4. The lowest BCUT2D eigenvalue weighted by atomic mass is 10.2. The fourth-order valence-corrected chi connectivity index (χ4v) is 2.14. The first-order valence-corrected chi connectivity index (χ1v) is 9.38. The van der Waals surface area contributed by atoms with Crippen LogP contribution in [0.4, 0.5) is 0 Å². The first-order valence-electron chi connectivity index (χ1n) is 9.38. The predicted molar refractivity (Wildman–Crippen MR) is 106 cm³/mol. The molecular weight excluding hydrogens is 296 g/mol. The van der Waals surface area contributed by atoms with E-state index in [0.717, 1.165) is 32.1 Å². The SMILES string of the molecule is CCCCC/C=C\C/C=C\C/C=C\C/C=C\CCCC(=O)NCN. The Bertz CT molecular complexity index is 395. The maximum atomic E-state index is 11.2. The van der Waals surface area contributed by atoms with Crippen LogP contribution in [-0.2, 0) is 4.79 Å². The summed E-state index contributed by atoms with van der Waals surface area (Å²) in [6, 6.07) is 0. The lowest BCUT2D eigenvalue weighted by molar-refractivity contribution is -0.121. The van der Waals surface area contributed by atoms with Crippen LogP contribution >= 0.6 is 0 Å². The van der Waals surface area contributed by atoms with Crippen LogP contribution in [-0.4, -0.2) is 12.6 Å². The van der Waals surface area contributed by atoms with Gasteiger partial charge in [0.05, 0.1) is 6.67 Å². The average molecular weight is 333 g/mol. The third-order valence-electron chi connectivity index (χ3n) is 3.53. The predicted octanol–water partition coefficient (Wildman–Crippen LogP) is 5.16. The van der Waals surface area contributed by atoms with Crippen molar-refractivity contribution in [3.63, 3.8) is 0 Å². The lowest BCUT2D eigenvalue weighted by Gasteiger charge is -1.99. The molecule has 3 nitrogen and oxygen atoms in total. The maximum Gasteiger partial charge on any atom is 0.220 e. The smallest absolute Gasteiger partial charge is 0.220 e. The molecule has 0 unspecified atom stereocenters. The lowest BCUT2D eigenvalue weighted by Crippen LogP contribution is -2.28. The number of allylic oxidation sites excluding steroid dienone is 8. The highest BCUT2D eigenvalue weighted by atomic mass is 16.1. The molecule has 0 saturated carbocycles. The average Bonchev–Trinajstić information content (AvgIpc) is 2.58. The number of carbonyl (C=O) groups is 1. The van der Waals surface area contributed by atoms with Gasteiger partial charge in [0.25, 0.3) is 0 Å². The molecule has 0 aromatic rings. The zero-order valence-electron chi connectivity index (χ0n) is 15.4. The van der Waals surface area contributed by atoms with Crippen molar-refractivity contribution >= 4 is 5.91 Å². The van der Waals surface area contributed by atoms with Gasteiger partial charge in [0.1, 0.15) is 0 Å². The molecular formula is C21H36N2O. The van der Waals surface area contributed by atoms with E-state index in [1.165, 1.54) is 25.7 Å². The number of hydrogen-bond acceptors (Lipinski definition) is 2. The summed E-state index contributed by atoms with van der Waals surface area (Å²) in [6.45, 7) is 2.46. The Morgan fingerprint density at radius 2 is 1.29 bits per heavy atom. The number of nitrogens with one attached hydrogen (secondary N) is 1. The molecule has 0 rings (SSSR count). The van der Waals surface area contributed by atoms with E-state index in [-0.39, 0.29) is 12.6 Å². The van der Waals surface area contributed by atoms with Gasteiger partial charge in [-0.2, -0.15) is 0 Å². The third kappa shape index (κ3) is 18.4. The molecule has 0 aliphatic heterocycles. The van der Waals surface area contributed by atoms with Crippen LogP contribution in [0.1, 0.15) is 71.1 Å². The van der Waals surface area contributed by atoms with Gasteiger partial charge in [0.2, 0.25) is 5.91 Å². The molecule has 3 heteroatoms. The van der Waals surface area contributed by atoms with Gasteiger partial charge in [0.15, 0.2) is 0 Å². The minimum atomic E-state index is 0.0355. The van der Waals surface area contributed by atoms with Crippen LogP contribution in [0.25, 0.3) is 0 Å². The molecule has 0 atom stereocenters. The number of unbranched alkanes of at least 4 members (excludes halogenated alkanes) is 4. The van der Waals surface area contributed by atoms with Crippen molar-refractivity contribution in [1.82, 2.24) is 5.32 Å². The Kier molecular flexibility index (Phi) is 18.1. The Morgan fingerprint density at radius 3 is 1.79 bits per heavy atom. The van der Waals surface area contributed by atoms with E-state index in [1.807, 2.05) is 0 Å². The minimum absolute atomic E-state index is 0.0355. The highest BCUT2D eigenvalue weighted by Gasteiger charge is 1.96. The molecule has 0 bridgehead atoms. The van der Waals surface area contributed by atoms with E-state index in [9.17, 15) is 4.79 Å². The number of nitrogens with two attached hydrogens (primary N) is 1. The molecule has 0 fully saturated rings. The first-order chi connectivity index (χ1) is 11.8. The summed E-state index contributed by atoms with van der Waals surface area (Å²) in [5.41, 5.74) is 5.23. The molecule has 0 aliphatic rings. The quantitative estimate of drug-likeness (QED) is 0.247. The highest BCUT2D eigenvalue weighted by Crippen LogP contribution is 2.01. The topological polar surface area (TPSA) is 55.1 Å². The van der Waals surface area contributed by atoms with E-state index < -0.39 is 0 Å². The third-order valence-corrected chi connectivity index (χ3v) is 3.53. The molecule has 0 saturated heterocycles. The van der Waals surface area contributed by atoms with Gasteiger partial charge in [-0.25, -0.2) is 0 Å². The van der Waals surface area contributed by atoms with Crippen molar-refractivity contribution in [2.75, 3.05) is 6.67 Å². The molecule has 24 heavy (non-hydrogen) atoms. The van der Waals surface area contributed by atoms with E-state index >= 15 is 0 Å². The minimum Gasteiger partial charge on any atom is -0.344 e. The fraction of sp³-hybridized carbons (Fsp3) is 0.571. The summed E-state index contributed by atoms with van der Waals surface area (Å²) < 4.78 is 0. The first kappa shape index (κ1) is 22.4. The Labute approximate surface area is 148 Å². The number of amides is 1. The van der Waals surface area contributed by atoms with Crippen LogP contribution in [0, 0.1) is 0 Å². The number of carbonyl (C=O) groups excluding carboxylic acids is 1. The summed E-state index contributed by atoms with van der Waals surface area (Å²) in [6.07, 6.45) is 28.2. The van der Waals surface area contributed by atoms with Crippen LogP contribution in [0.5, 0.6) is 0 Å². The van der Waals surface area contributed by atoms with E-state index in [1.54, 1.807) is 0 Å². The van der Waals surface area contributed by atoms with Gasteiger partial charge in [-0.3, -0.25) is 4.79 Å². The Hall–Kier alpha value is -1.61. The van der Waals surface area contributed by atoms with E-state index in [4.69, 9.17) is 5.73 Å². The van der Waals surface area contributed by atoms with E-state index in [0.29, 0.717) is 6.42 Å². The van der Waals surface area contributed by atoms with Gasteiger partial charge in [-0.05, 0) is 44.9 Å². The molecule has 0 heterocycles. The van der Waals surface area contributed by atoms with Crippen LogP contribution < -0.4 is 11.1 Å². The van der Waals surface area contributed by atoms with Crippen molar-refractivity contribution < 1.29 is 4.79 Å². The van der Waals surface area contributed by atoms with Crippen molar-refractivity contribution in [1.29, 1.82) is 0 Å². The van der Waals surface area contributed by atoms with Crippen LogP contribution in [0.2, 0.25) is 0 Å². The van der Waals surface area contributed by atoms with Crippen LogP contribution in [0.15, 0.2) is 48.6 Å². The summed E-state index contributed by atoms with van der Waals surface area (Å²) in [5.74, 6) is 0.0355. The van der Waals surface area contributed by atoms with Crippen molar-refractivity contribution in [3.8, 4) is 0 Å². The molecule has 0 aromatic heterocycles. The van der Waals surface area contributed by atoms with Gasteiger partial charge >= 0.3 is 0 Å². The monoisotopic (exact) mass is 332 g/mol. The zero-order chi connectivity index (χ0) is 17.7. The largest absolute Gasteiger partial charge is 0.344 e. The van der Waals surface area contributed by atoms with Gasteiger partial charge in [-0.1, -0.05) is 68.4 Å². The number of rotatable bonds is 15. The molecule has 0 radical (unpaired) electrons. The molecule has 1 amide bonds. The van der Waals surface area contributed by atoms with Gasteiger partial charge in [0, 0.05) is 6.42 Å². The summed E-state index contributed by atoms with van der Waals surface area (Å²) in [5, 5.41) is 2.59. The molecule has 3 N–H and O–H groups in total. The molecule has 136 valence electrons. The number of hydrogen-bond donors (Lipinski definition) is 2. The summed E-state index contributed by atoms with van der Waals surface area (Å²) >= 11 is 0. The molecule has 0 aliphatic carbocycles. The maximum absolute atomic E-state index is 11.2. The standard InChI is InChI=1S/C21H36N2O/c1-2-3-4-5-6-7-8-9-10-11-12-13-14-15-16-17-18-19-21(24)23-20-22/h6-7,9-10,12-13,15-16H,2-5,8,11,14,17-20,22H2,1H3,(H,23,24)/b7-6-,10-9-,13-12-,16-15-. The molecule has 0 spiro atoms. The summed E-state index contributed by atoms with van der Waals surface area (Å²) in [7, 11) is 0. The Balaban J connectivity index is 3.43. The van der Waals surface area contributed by atoms with Crippen LogP contribution in [0.3, 0.4) is 0 Å². The van der Waals surface area contributed by atoms with Crippen molar-refractivity contribution in [2.24, 2.45) is 5.73 Å². The van der Waals surface area contributed by atoms with Gasteiger partial charge < -0.3 is 11.1 Å². The normalized spacial score (nSPS) is 12.2. The zero-order valence-corrected chi connectivity index (χ0v) is 15.4. The fourth-order valence-electron chi connectivity index (χ4n) is 2.14. The van der Waals surface area contributed by atoms with Crippen molar-refractivity contribution in [3.05, 3.63) is 48.6 Å². The second-order valence-electron chi connectivity index (χ2n) is 5.78.